The van der Waals surface area contributed by atoms with Gasteiger partial charge < -0.3 is 9.73 Å². The van der Waals surface area contributed by atoms with Crippen LogP contribution < -0.4 is 5.32 Å². The molecule has 5 heteroatoms. The smallest absolute Gasteiger partial charge is 0.260 e. The molecule has 130 valence electrons. The molecule has 0 bridgehead atoms. The van der Waals surface area contributed by atoms with Crippen LogP contribution in [-0.2, 0) is 0 Å². The van der Waals surface area contributed by atoms with Crippen molar-refractivity contribution in [3.63, 3.8) is 0 Å². The Morgan fingerprint density at radius 1 is 1.08 bits per heavy atom. The predicted octanol–water partition coefficient (Wildman–Crippen LogP) is 4.77. The van der Waals surface area contributed by atoms with E-state index in [9.17, 15) is 4.79 Å². The van der Waals surface area contributed by atoms with Gasteiger partial charge in [0.25, 0.3) is 5.91 Å². The molecule has 5 nitrogen and oxygen atoms in total. The molecule has 0 radical (unpaired) electrons. The summed E-state index contributed by atoms with van der Waals surface area (Å²) in [5.74, 6) is 1.76. The molecular formula is C21H19N3O2. The van der Waals surface area contributed by atoms with Crippen LogP contribution in [-0.4, -0.2) is 15.3 Å². The van der Waals surface area contributed by atoms with Crippen molar-refractivity contribution in [2.45, 2.75) is 20.8 Å². The molecule has 0 aliphatic heterocycles. The number of carbonyl (C=O) groups excluding carboxylic acids is 1. The molecule has 0 atom stereocenters. The van der Waals surface area contributed by atoms with E-state index in [2.05, 4.69) is 5.32 Å². The molecule has 1 amide bonds. The molecule has 0 aliphatic rings. The number of rotatable bonds is 3. The van der Waals surface area contributed by atoms with Crippen molar-refractivity contribution in [2.24, 2.45) is 0 Å². The molecule has 3 aromatic heterocycles. The highest BCUT2D eigenvalue weighted by atomic mass is 16.3. The number of aryl methyl sites for hydroxylation is 3. The molecule has 0 saturated heterocycles. The van der Waals surface area contributed by atoms with Gasteiger partial charge >= 0.3 is 0 Å². The summed E-state index contributed by atoms with van der Waals surface area (Å²) in [7, 11) is 0. The molecular weight excluding hydrogens is 326 g/mol. The van der Waals surface area contributed by atoms with E-state index in [-0.39, 0.29) is 5.91 Å². The third kappa shape index (κ3) is 2.77. The van der Waals surface area contributed by atoms with Crippen molar-refractivity contribution in [1.82, 2.24) is 9.38 Å². The number of benzene rings is 1. The average molecular weight is 345 g/mol. The molecule has 26 heavy (non-hydrogen) atoms. The first-order chi connectivity index (χ1) is 12.5. The second kappa shape index (κ2) is 6.19. The van der Waals surface area contributed by atoms with Crippen molar-refractivity contribution in [2.75, 3.05) is 5.32 Å². The number of anilines is 1. The number of nitrogens with one attached hydrogen (secondary N) is 1. The number of furan rings is 1. The lowest BCUT2D eigenvalue weighted by atomic mass is 10.1. The summed E-state index contributed by atoms with van der Waals surface area (Å²) >= 11 is 0. The SMILES string of the molecule is Cc1ccc2nc(-c3ccccc3)c(NC(=O)c3cc(C)oc3C)n2c1. The number of nitrogens with zero attached hydrogens (tertiary/aromatic N) is 2. The van der Waals surface area contributed by atoms with Crippen LogP contribution in [0.15, 0.2) is 59.1 Å². The van der Waals surface area contributed by atoms with Crippen LogP contribution in [0.2, 0.25) is 0 Å². The zero-order valence-corrected chi connectivity index (χ0v) is 14.9. The fourth-order valence-corrected chi connectivity index (χ4v) is 3.10. The number of carbonyl (C=O) groups is 1. The minimum absolute atomic E-state index is 0.208. The van der Waals surface area contributed by atoms with Gasteiger partial charge in [0.15, 0.2) is 0 Å². The molecule has 1 N–H and O–H groups in total. The van der Waals surface area contributed by atoms with E-state index in [1.165, 1.54) is 0 Å². The van der Waals surface area contributed by atoms with Crippen LogP contribution in [0.25, 0.3) is 16.9 Å². The van der Waals surface area contributed by atoms with Crippen molar-refractivity contribution in [3.8, 4) is 11.3 Å². The molecule has 1 aromatic carbocycles. The van der Waals surface area contributed by atoms with Crippen LogP contribution in [0.4, 0.5) is 5.82 Å². The number of hydrogen-bond acceptors (Lipinski definition) is 3. The summed E-state index contributed by atoms with van der Waals surface area (Å²) < 4.78 is 7.41. The Morgan fingerprint density at radius 3 is 2.54 bits per heavy atom. The molecule has 0 aliphatic carbocycles. The molecule has 0 unspecified atom stereocenters. The Kier molecular flexibility index (Phi) is 3.84. The van der Waals surface area contributed by atoms with Gasteiger partial charge in [-0.15, -0.1) is 0 Å². The highest BCUT2D eigenvalue weighted by molar-refractivity contribution is 6.06. The third-order valence-corrected chi connectivity index (χ3v) is 4.33. The van der Waals surface area contributed by atoms with E-state index >= 15 is 0 Å². The Labute approximate surface area is 151 Å². The molecule has 0 fully saturated rings. The van der Waals surface area contributed by atoms with Gasteiger partial charge in [-0.2, -0.15) is 0 Å². The highest BCUT2D eigenvalue weighted by Crippen LogP contribution is 2.29. The maximum absolute atomic E-state index is 12.8. The van der Waals surface area contributed by atoms with Gasteiger partial charge in [-0.3, -0.25) is 9.20 Å². The Hall–Kier alpha value is -3.34. The van der Waals surface area contributed by atoms with Gasteiger partial charge in [-0.05, 0) is 38.5 Å². The largest absolute Gasteiger partial charge is 0.466 e. The molecule has 0 saturated carbocycles. The standard InChI is InChI=1S/C21H19N3O2/c1-13-9-10-18-22-19(16-7-5-4-6-8-16)20(24(18)12-13)23-21(25)17-11-14(2)26-15(17)3/h4-12H,1-3H3,(H,23,25). The number of aromatic nitrogens is 2. The van der Waals surface area contributed by atoms with Crippen molar-refractivity contribution in [3.05, 3.63) is 77.4 Å². The third-order valence-electron chi connectivity index (χ3n) is 4.33. The summed E-state index contributed by atoms with van der Waals surface area (Å²) in [6.45, 7) is 5.63. The predicted molar refractivity (Wildman–Crippen MR) is 102 cm³/mol. The van der Waals surface area contributed by atoms with Crippen LogP contribution >= 0.6 is 0 Å². The summed E-state index contributed by atoms with van der Waals surface area (Å²) in [6, 6.07) is 15.5. The van der Waals surface area contributed by atoms with Gasteiger partial charge in [0.1, 0.15) is 28.7 Å². The van der Waals surface area contributed by atoms with Crippen LogP contribution in [0.5, 0.6) is 0 Å². The van der Waals surface area contributed by atoms with Crippen LogP contribution in [0, 0.1) is 20.8 Å². The lowest BCUT2D eigenvalue weighted by Gasteiger charge is -2.08. The quantitative estimate of drug-likeness (QED) is 0.582. The van der Waals surface area contributed by atoms with Crippen LogP contribution in [0.1, 0.15) is 27.4 Å². The van der Waals surface area contributed by atoms with Crippen molar-refractivity contribution >= 4 is 17.4 Å². The van der Waals surface area contributed by atoms with Crippen molar-refractivity contribution in [1.29, 1.82) is 0 Å². The van der Waals surface area contributed by atoms with Gasteiger partial charge in [0.2, 0.25) is 0 Å². The normalized spacial score (nSPS) is 11.0. The molecule has 4 aromatic rings. The van der Waals surface area contributed by atoms with Gasteiger partial charge in [-0.1, -0.05) is 36.4 Å². The van der Waals surface area contributed by atoms with E-state index in [1.54, 1.807) is 13.0 Å². The second-order valence-electron chi connectivity index (χ2n) is 6.39. The first kappa shape index (κ1) is 16.1. The van der Waals surface area contributed by atoms with E-state index in [1.807, 2.05) is 66.9 Å². The second-order valence-corrected chi connectivity index (χ2v) is 6.39. The number of fused-ring (bicyclic) bond motifs is 1. The van der Waals surface area contributed by atoms with E-state index in [0.717, 1.165) is 22.5 Å². The number of pyridine rings is 1. The molecule has 4 rings (SSSR count). The maximum atomic E-state index is 12.8. The zero-order valence-electron chi connectivity index (χ0n) is 14.9. The minimum Gasteiger partial charge on any atom is -0.466 e. The summed E-state index contributed by atoms with van der Waals surface area (Å²) in [5, 5.41) is 3.03. The number of imidazole rings is 1. The van der Waals surface area contributed by atoms with Gasteiger partial charge in [0, 0.05) is 11.8 Å². The fraction of sp³-hybridized carbons (Fsp3) is 0.143. The molecule has 0 spiro atoms. The van der Waals surface area contributed by atoms with Crippen LogP contribution in [0.3, 0.4) is 0 Å². The molecule has 3 heterocycles. The number of amides is 1. The average Bonchev–Trinajstić information content (AvgIpc) is 3.15. The maximum Gasteiger partial charge on any atom is 0.260 e. The van der Waals surface area contributed by atoms with Crippen molar-refractivity contribution < 1.29 is 9.21 Å². The van der Waals surface area contributed by atoms with E-state index < -0.39 is 0 Å². The Balaban J connectivity index is 1.85. The fourth-order valence-electron chi connectivity index (χ4n) is 3.10. The monoisotopic (exact) mass is 345 g/mol. The first-order valence-corrected chi connectivity index (χ1v) is 8.45. The minimum atomic E-state index is -0.208. The number of hydrogen-bond donors (Lipinski definition) is 1. The Morgan fingerprint density at radius 2 is 1.85 bits per heavy atom. The Bertz CT molecular complexity index is 1110. The summed E-state index contributed by atoms with van der Waals surface area (Å²) in [4.78, 5) is 17.6. The lowest BCUT2D eigenvalue weighted by molar-refractivity contribution is 0.102. The highest BCUT2D eigenvalue weighted by Gasteiger charge is 2.20. The van der Waals surface area contributed by atoms with E-state index in [0.29, 0.717) is 22.9 Å². The first-order valence-electron chi connectivity index (χ1n) is 8.45. The lowest BCUT2D eigenvalue weighted by Crippen LogP contribution is -2.14. The van der Waals surface area contributed by atoms with Gasteiger partial charge in [-0.25, -0.2) is 4.98 Å². The summed E-state index contributed by atoms with van der Waals surface area (Å²) in [6.07, 6.45) is 1.97. The van der Waals surface area contributed by atoms with Gasteiger partial charge in [0.05, 0.1) is 5.56 Å². The summed E-state index contributed by atoms with van der Waals surface area (Å²) in [5.41, 5.74) is 4.08. The topological polar surface area (TPSA) is 59.5 Å². The zero-order chi connectivity index (χ0) is 18.3. The van der Waals surface area contributed by atoms with E-state index in [4.69, 9.17) is 9.40 Å².